The van der Waals surface area contributed by atoms with Gasteiger partial charge in [-0.2, -0.15) is 0 Å². The van der Waals surface area contributed by atoms with E-state index in [-0.39, 0.29) is 6.61 Å². The molecule has 0 fully saturated rings. The van der Waals surface area contributed by atoms with Crippen molar-refractivity contribution < 1.29 is 5.11 Å². The van der Waals surface area contributed by atoms with Gasteiger partial charge in [-0.1, -0.05) is 12.2 Å². The van der Waals surface area contributed by atoms with E-state index >= 15 is 0 Å². The first-order valence-electron chi connectivity index (χ1n) is 3.05. The molecule has 0 unspecified atom stereocenters. The molecular weight excluding hydrogens is 100 g/mol. The maximum Gasteiger partial charge on any atom is 0.0531 e. The summed E-state index contributed by atoms with van der Waals surface area (Å²) in [5.74, 6) is 1.18. The molecule has 0 spiro atoms. The van der Waals surface area contributed by atoms with Crippen LogP contribution in [-0.4, -0.2) is 11.7 Å². The van der Waals surface area contributed by atoms with Crippen molar-refractivity contribution in [1.82, 2.24) is 0 Å². The molecule has 1 nitrogen and oxygen atoms in total. The zero-order valence-electron chi connectivity index (χ0n) is 4.93. The fourth-order valence-electron chi connectivity index (χ4n) is 0.912. The lowest BCUT2D eigenvalue weighted by molar-refractivity contribution is 0.307. The number of rotatable bonds is 1. The minimum Gasteiger partial charge on any atom is -0.395 e. The number of hydrogen-bond acceptors (Lipinski definition) is 1. The molecule has 0 aromatic carbocycles. The molecule has 1 radical (unpaired) electrons. The summed E-state index contributed by atoms with van der Waals surface area (Å²) in [6.07, 6.45) is 7.64. The third kappa shape index (κ3) is 1.34. The number of allylic oxidation sites excluding steroid dienone is 1. The molecular formula is C7H11O. The van der Waals surface area contributed by atoms with Crippen molar-refractivity contribution in [3.8, 4) is 0 Å². The highest BCUT2D eigenvalue weighted by Gasteiger charge is 2.05. The molecule has 1 aliphatic carbocycles. The van der Waals surface area contributed by atoms with Gasteiger partial charge in [0.25, 0.3) is 0 Å². The minimum atomic E-state index is 0.247. The minimum absolute atomic E-state index is 0.247. The molecule has 1 rings (SSSR count). The molecule has 0 bridgehead atoms. The summed E-state index contributed by atoms with van der Waals surface area (Å²) in [6, 6.07) is 0. The van der Waals surface area contributed by atoms with Gasteiger partial charge in [-0.05, 0) is 19.3 Å². The molecule has 0 aliphatic heterocycles. The Morgan fingerprint density at radius 1 is 1.62 bits per heavy atom. The molecule has 1 aliphatic rings. The first-order valence-corrected chi connectivity index (χ1v) is 3.05. The zero-order chi connectivity index (χ0) is 5.82. The van der Waals surface area contributed by atoms with Crippen molar-refractivity contribution >= 4 is 0 Å². The van der Waals surface area contributed by atoms with Gasteiger partial charge in [0.15, 0.2) is 0 Å². The van der Waals surface area contributed by atoms with Crippen LogP contribution >= 0.6 is 0 Å². The van der Waals surface area contributed by atoms with E-state index in [1.165, 1.54) is 18.8 Å². The van der Waals surface area contributed by atoms with Gasteiger partial charge in [-0.15, -0.1) is 0 Å². The first kappa shape index (κ1) is 5.83. The van der Waals surface area contributed by atoms with Gasteiger partial charge in [0, 0.05) is 5.92 Å². The molecule has 0 atom stereocenters. The molecule has 0 saturated heterocycles. The van der Waals surface area contributed by atoms with Crippen LogP contribution in [0.1, 0.15) is 19.3 Å². The second kappa shape index (κ2) is 2.88. The molecule has 0 aromatic rings. The van der Waals surface area contributed by atoms with E-state index in [1.807, 2.05) is 6.08 Å². The Morgan fingerprint density at radius 3 is 2.88 bits per heavy atom. The largest absolute Gasteiger partial charge is 0.395 e. The van der Waals surface area contributed by atoms with Crippen molar-refractivity contribution in [2.24, 2.45) is 0 Å². The second-order valence-corrected chi connectivity index (χ2v) is 2.11. The third-order valence-electron chi connectivity index (χ3n) is 1.43. The summed E-state index contributed by atoms with van der Waals surface area (Å²) in [5, 5.41) is 8.60. The van der Waals surface area contributed by atoms with Crippen LogP contribution in [0, 0.1) is 5.92 Å². The molecule has 0 amide bonds. The molecule has 1 N–H and O–H groups in total. The highest BCUT2D eigenvalue weighted by atomic mass is 16.3. The Hall–Kier alpha value is -0.300. The maximum atomic E-state index is 8.60. The average molecular weight is 111 g/mol. The van der Waals surface area contributed by atoms with Gasteiger partial charge in [0.2, 0.25) is 0 Å². The zero-order valence-corrected chi connectivity index (χ0v) is 4.93. The van der Waals surface area contributed by atoms with Gasteiger partial charge in [-0.3, -0.25) is 0 Å². The number of aliphatic hydroxyl groups is 1. The second-order valence-electron chi connectivity index (χ2n) is 2.11. The molecule has 0 aromatic heterocycles. The summed E-state index contributed by atoms with van der Waals surface area (Å²) >= 11 is 0. The normalized spacial score (nSPS) is 21.6. The smallest absolute Gasteiger partial charge is 0.0531 e. The quantitative estimate of drug-likeness (QED) is 0.540. The van der Waals surface area contributed by atoms with E-state index in [4.69, 9.17) is 5.11 Å². The van der Waals surface area contributed by atoms with E-state index < -0.39 is 0 Å². The van der Waals surface area contributed by atoms with Crippen LogP contribution in [0.2, 0.25) is 0 Å². The van der Waals surface area contributed by atoms with Gasteiger partial charge < -0.3 is 5.11 Å². The first-order chi connectivity index (χ1) is 3.93. The highest BCUT2D eigenvalue weighted by Crippen LogP contribution is 2.17. The molecule has 45 valence electrons. The van der Waals surface area contributed by atoms with Gasteiger partial charge >= 0.3 is 0 Å². The van der Waals surface area contributed by atoms with E-state index in [0.29, 0.717) is 0 Å². The molecule has 0 heterocycles. The Morgan fingerprint density at radius 2 is 2.50 bits per heavy atom. The summed E-state index contributed by atoms with van der Waals surface area (Å²) in [5.41, 5.74) is 0. The molecule has 0 saturated carbocycles. The van der Waals surface area contributed by atoms with Crippen LogP contribution in [0.5, 0.6) is 0 Å². The Balaban J connectivity index is 2.32. The van der Waals surface area contributed by atoms with Crippen LogP contribution < -0.4 is 0 Å². The summed E-state index contributed by atoms with van der Waals surface area (Å²) < 4.78 is 0. The Bertz CT molecular complexity index is 86.4. The lowest BCUT2D eigenvalue weighted by atomic mass is 9.97. The molecule has 8 heavy (non-hydrogen) atoms. The molecule has 1 heteroatoms. The SMILES string of the molecule is OC[C]1C=CCCC1. The Labute approximate surface area is 50.0 Å². The van der Waals surface area contributed by atoms with Crippen LogP contribution in [0.15, 0.2) is 12.2 Å². The highest BCUT2D eigenvalue weighted by molar-refractivity contribution is 5.12. The van der Waals surface area contributed by atoms with Crippen LogP contribution in [0.25, 0.3) is 0 Å². The number of hydrogen-bond donors (Lipinski definition) is 1. The maximum absolute atomic E-state index is 8.60. The van der Waals surface area contributed by atoms with Gasteiger partial charge in [0.05, 0.1) is 6.61 Å². The standard InChI is InChI=1S/C7H11O/c8-6-7-4-2-1-3-5-7/h2,4,8H,1,3,5-6H2. The van der Waals surface area contributed by atoms with Crippen molar-refractivity contribution in [2.45, 2.75) is 19.3 Å². The van der Waals surface area contributed by atoms with Crippen LogP contribution in [0.4, 0.5) is 0 Å². The van der Waals surface area contributed by atoms with E-state index in [1.54, 1.807) is 0 Å². The summed E-state index contributed by atoms with van der Waals surface area (Å²) in [6.45, 7) is 0.247. The van der Waals surface area contributed by atoms with E-state index in [2.05, 4.69) is 6.08 Å². The van der Waals surface area contributed by atoms with Crippen LogP contribution in [-0.2, 0) is 0 Å². The van der Waals surface area contributed by atoms with Crippen molar-refractivity contribution in [1.29, 1.82) is 0 Å². The van der Waals surface area contributed by atoms with Gasteiger partial charge in [-0.25, -0.2) is 0 Å². The van der Waals surface area contributed by atoms with E-state index in [9.17, 15) is 0 Å². The fourth-order valence-corrected chi connectivity index (χ4v) is 0.912. The van der Waals surface area contributed by atoms with E-state index in [0.717, 1.165) is 6.42 Å². The summed E-state index contributed by atoms with van der Waals surface area (Å²) in [7, 11) is 0. The van der Waals surface area contributed by atoms with Crippen molar-refractivity contribution in [3.05, 3.63) is 18.1 Å². The lowest BCUT2D eigenvalue weighted by Crippen LogP contribution is -2.02. The third-order valence-corrected chi connectivity index (χ3v) is 1.43. The topological polar surface area (TPSA) is 20.2 Å². The summed E-state index contributed by atoms with van der Waals surface area (Å²) in [4.78, 5) is 0. The predicted molar refractivity (Wildman–Crippen MR) is 33.3 cm³/mol. The fraction of sp³-hybridized carbons (Fsp3) is 0.571. The number of aliphatic hydroxyl groups excluding tert-OH is 1. The Kier molecular flexibility index (Phi) is 2.10. The monoisotopic (exact) mass is 111 g/mol. The van der Waals surface area contributed by atoms with Crippen molar-refractivity contribution in [2.75, 3.05) is 6.61 Å². The van der Waals surface area contributed by atoms with Gasteiger partial charge in [0.1, 0.15) is 0 Å². The van der Waals surface area contributed by atoms with Crippen molar-refractivity contribution in [3.63, 3.8) is 0 Å². The average Bonchev–Trinajstić information content (AvgIpc) is 1.90. The van der Waals surface area contributed by atoms with Crippen LogP contribution in [0.3, 0.4) is 0 Å². The predicted octanol–water partition coefficient (Wildman–Crippen LogP) is 1.29. The lowest BCUT2D eigenvalue weighted by Gasteiger charge is -2.10.